The summed E-state index contributed by atoms with van der Waals surface area (Å²) in [7, 11) is 0. The molecule has 3 N–H and O–H groups in total. The number of Topliss-reactive ketones (excluding diaryl/α,β-unsaturated/α-hetero) is 1. The van der Waals surface area contributed by atoms with Gasteiger partial charge < -0.3 is 20.1 Å². The van der Waals surface area contributed by atoms with Gasteiger partial charge in [0.1, 0.15) is 11.3 Å². The molecule has 1 aliphatic rings. The van der Waals surface area contributed by atoms with Crippen LogP contribution in [0.2, 0.25) is 0 Å². The Morgan fingerprint density at radius 2 is 1.85 bits per heavy atom. The van der Waals surface area contributed by atoms with Gasteiger partial charge in [-0.05, 0) is 45.4 Å². The first kappa shape index (κ1) is 28.8. The molecule has 5 atom stereocenters. The number of hydrogen-bond donors (Lipinski definition) is 3. The zero-order valence-corrected chi connectivity index (χ0v) is 20.3. The van der Waals surface area contributed by atoms with Gasteiger partial charge in [0, 0.05) is 12.3 Å². The van der Waals surface area contributed by atoms with Gasteiger partial charge in [-0.2, -0.15) is 0 Å². The van der Waals surface area contributed by atoms with E-state index in [9.17, 15) is 34.5 Å². The molecule has 0 aliphatic heterocycles. The highest BCUT2D eigenvalue weighted by Gasteiger charge is 2.64. The van der Waals surface area contributed by atoms with Crippen LogP contribution in [-0.2, 0) is 23.9 Å². The van der Waals surface area contributed by atoms with Crippen molar-refractivity contribution in [3.8, 4) is 0 Å². The fourth-order valence-electron chi connectivity index (χ4n) is 5.02. The van der Waals surface area contributed by atoms with Gasteiger partial charge in [-0.15, -0.1) is 0 Å². The molecule has 3 unspecified atom stereocenters. The number of carbonyl (C=O) groups excluding carboxylic acids is 2. The standard InChI is InChI=1S/C25H40O8/c1-5-8-9-14-24(4,32)15-13-18-16-19(22(28)29)21(27)25(18,23(30)31)17(6-2)11-10-12-20(26)33-7-3/h13,15,17-19,32H,5-12,14,16H2,1-4H3,(H,28,29)(H,30,31)/t17?,18?,19-,24?,25-/m1/s1. The van der Waals surface area contributed by atoms with E-state index in [2.05, 4.69) is 6.92 Å². The molecule has 0 aromatic carbocycles. The van der Waals surface area contributed by atoms with E-state index in [-0.39, 0.29) is 25.9 Å². The number of unbranched alkanes of at least 4 members (excludes halogenated alkanes) is 2. The third kappa shape index (κ3) is 7.13. The molecular formula is C25H40O8. The number of aliphatic carboxylic acids is 2. The average Bonchev–Trinajstić information content (AvgIpc) is 3.03. The Kier molecular flexibility index (Phi) is 11.2. The van der Waals surface area contributed by atoms with Crippen molar-refractivity contribution < 1.29 is 39.2 Å². The molecule has 1 aliphatic carbocycles. The molecule has 33 heavy (non-hydrogen) atoms. The summed E-state index contributed by atoms with van der Waals surface area (Å²) in [6.45, 7) is 7.39. The Bertz CT molecular complexity index is 726. The lowest BCUT2D eigenvalue weighted by Crippen LogP contribution is -2.48. The summed E-state index contributed by atoms with van der Waals surface area (Å²) in [5, 5.41) is 30.6. The fraction of sp³-hybridized carbons (Fsp3) is 0.760. The minimum atomic E-state index is -1.91. The highest BCUT2D eigenvalue weighted by atomic mass is 16.5. The molecule has 0 bridgehead atoms. The van der Waals surface area contributed by atoms with E-state index >= 15 is 0 Å². The van der Waals surface area contributed by atoms with Crippen molar-refractivity contribution in [1.82, 2.24) is 0 Å². The van der Waals surface area contributed by atoms with E-state index < -0.39 is 52.5 Å². The topological polar surface area (TPSA) is 138 Å². The van der Waals surface area contributed by atoms with Gasteiger partial charge in [-0.25, -0.2) is 0 Å². The van der Waals surface area contributed by atoms with Crippen LogP contribution in [-0.4, -0.2) is 51.2 Å². The van der Waals surface area contributed by atoms with Crippen LogP contribution >= 0.6 is 0 Å². The monoisotopic (exact) mass is 468 g/mol. The molecule has 0 heterocycles. The predicted octanol–water partition coefficient (Wildman–Crippen LogP) is 3.99. The third-order valence-electron chi connectivity index (χ3n) is 6.80. The quantitative estimate of drug-likeness (QED) is 0.142. The average molecular weight is 469 g/mol. The minimum Gasteiger partial charge on any atom is -0.481 e. The molecule has 0 spiro atoms. The van der Waals surface area contributed by atoms with Crippen molar-refractivity contribution in [3.05, 3.63) is 12.2 Å². The van der Waals surface area contributed by atoms with E-state index in [1.165, 1.54) is 12.2 Å². The number of carboxylic acid groups (broad SMARTS) is 2. The van der Waals surface area contributed by atoms with E-state index in [0.717, 1.165) is 19.3 Å². The maximum absolute atomic E-state index is 13.3. The fourth-order valence-corrected chi connectivity index (χ4v) is 5.02. The normalized spacial score (nSPS) is 25.7. The van der Waals surface area contributed by atoms with Crippen molar-refractivity contribution in [2.45, 2.75) is 91.1 Å². The van der Waals surface area contributed by atoms with Crippen LogP contribution in [0.5, 0.6) is 0 Å². The van der Waals surface area contributed by atoms with Crippen molar-refractivity contribution in [2.75, 3.05) is 6.61 Å². The van der Waals surface area contributed by atoms with Crippen molar-refractivity contribution in [1.29, 1.82) is 0 Å². The first-order valence-corrected chi connectivity index (χ1v) is 12.1. The first-order valence-electron chi connectivity index (χ1n) is 12.1. The summed E-state index contributed by atoms with van der Waals surface area (Å²) in [6.07, 6.45) is 7.20. The summed E-state index contributed by atoms with van der Waals surface area (Å²) >= 11 is 0. The summed E-state index contributed by atoms with van der Waals surface area (Å²) < 4.78 is 4.92. The molecule has 8 heteroatoms. The second-order valence-electron chi connectivity index (χ2n) is 9.25. The Balaban J connectivity index is 3.28. The van der Waals surface area contributed by atoms with E-state index in [1.54, 1.807) is 20.8 Å². The summed E-state index contributed by atoms with van der Waals surface area (Å²) in [5.41, 5.74) is -3.10. The van der Waals surface area contributed by atoms with E-state index in [0.29, 0.717) is 19.3 Å². The Labute approximate surface area is 196 Å². The van der Waals surface area contributed by atoms with Crippen LogP contribution in [0.25, 0.3) is 0 Å². The van der Waals surface area contributed by atoms with Crippen molar-refractivity contribution in [3.63, 3.8) is 0 Å². The van der Waals surface area contributed by atoms with Crippen LogP contribution in [0.4, 0.5) is 0 Å². The van der Waals surface area contributed by atoms with Crippen LogP contribution in [0.15, 0.2) is 12.2 Å². The highest BCUT2D eigenvalue weighted by Crippen LogP contribution is 2.52. The molecule has 0 amide bonds. The molecular weight excluding hydrogens is 428 g/mol. The predicted molar refractivity (Wildman–Crippen MR) is 122 cm³/mol. The minimum absolute atomic E-state index is 0.100. The summed E-state index contributed by atoms with van der Waals surface area (Å²) in [5.74, 6) is -6.81. The zero-order chi connectivity index (χ0) is 25.2. The molecule has 0 aromatic rings. The Morgan fingerprint density at radius 1 is 1.18 bits per heavy atom. The third-order valence-corrected chi connectivity index (χ3v) is 6.80. The van der Waals surface area contributed by atoms with Gasteiger partial charge in [0.2, 0.25) is 0 Å². The van der Waals surface area contributed by atoms with Gasteiger partial charge in [0.25, 0.3) is 0 Å². The molecule has 0 saturated heterocycles. The van der Waals surface area contributed by atoms with Gasteiger partial charge in [0.05, 0.1) is 12.2 Å². The number of rotatable bonds is 15. The van der Waals surface area contributed by atoms with Gasteiger partial charge in [-0.1, -0.05) is 51.7 Å². The van der Waals surface area contributed by atoms with Crippen LogP contribution in [0.3, 0.4) is 0 Å². The number of carbonyl (C=O) groups is 4. The molecule has 1 fully saturated rings. The number of esters is 1. The maximum Gasteiger partial charge on any atom is 0.318 e. The van der Waals surface area contributed by atoms with Gasteiger partial charge in [-0.3, -0.25) is 19.2 Å². The van der Waals surface area contributed by atoms with Gasteiger partial charge in [0.15, 0.2) is 5.78 Å². The molecule has 0 aromatic heterocycles. The number of allylic oxidation sites excluding steroid dienone is 1. The molecule has 188 valence electrons. The first-order chi connectivity index (χ1) is 15.5. The lowest BCUT2D eigenvalue weighted by atomic mass is 9.64. The second kappa shape index (κ2) is 12.9. The number of aliphatic hydroxyl groups is 1. The maximum atomic E-state index is 13.3. The number of ketones is 1. The van der Waals surface area contributed by atoms with Crippen molar-refractivity contribution >= 4 is 23.7 Å². The number of ether oxygens (including phenoxy) is 1. The Morgan fingerprint density at radius 3 is 2.36 bits per heavy atom. The molecule has 0 radical (unpaired) electrons. The lowest BCUT2D eigenvalue weighted by molar-refractivity contribution is -0.161. The summed E-state index contributed by atoms with van der Waals surface area (Å²) in [6, 6.07) is 0. The number of hydrogen-bond acceptors (Lipinski definition) is 6. The smallest absolute Gasteiger partial charge is 0.318 e. The van der Waals surface area contributed by atoms with Crippen molar-refractivity contribution in [2.24, 2.45) is 23.2 Å². The number of carboxylic acids is 2. The van der Waals surface area contributed by atoms with E-state index in [1.807, 2.05) is 0 Å². The van der Waals surface area contributed by atoms with Gasteiger partial charge >= 0.3 is 17.9 Å². The molecule has 8 nitrogen and oxygen atoms in total. The summed E-state index contributed by atoms with van der Waals surface area (Å²) in [4.78, 5) is 49.5. The highest BCUT2D eigenvalue weighted by molar-refractivity contribution is 6.13. The Hall–Kier alpha value is -2.22. The van der Waals surface area contributed by atoms with Crippen LogP contribution in [0, 0.1) is 23.2 Å². The van der Waals surface area contributed by atoms with Crippen LogP contribution in [0.1, 0.15) is 85.5 Å². The second-order valence-corrected chi connectivity index (χ2v) is 9.25. The van der Waals surface area contributed by atoms with Crippen LogP contribution < -0.4 is 0 Å². The largest absolute Gasteiger partial charge is 0.481 e. The molecule has 1 rings (SSSR count). The lowest BCUT2D eigenvalue weighted by Gasteiger charge is -2.36. The SMILES string of the molecule is CCCCCC(C)(O)C=CC1C[C@@H](C(=O)O)C(=O)[C@@]1(C(=O)O)C(CC)CCCC(=O)OCC. The molecule has 1 saturated carbocycles. The zero-order valence-electron chi connectivity index (χ0n) is 20.3. The van der Waals surface area contributed by atoms with E-state index in [4.69, 9.17) is 4.74 Å².